The van der Waals surface area contributed by atoms with Gasteiger partial charge < -0.3 is 15.8 Å². The normalized spacial score (nSPS) is 11.2. The molecular weight excluding hydrogens is 341 g/mol. The van der Waals surface area contributed by atoms with Crippen LogP contribution in [0.4, 0.5) is 0 Å². The minimum atomic E-state index is -0.627. The molecule has 0 aliphatic heterocycles. The number of rotatable bonds is 5. The van der Waals surface area contributed by atoms with E-state index in [1.807, 2.05) is 6.92 Å². The molecule has 0 aromatic carbocycles. The Hall–Kier alpha value is -0.160. The minimum absolute atomic E-state index is 0. The van der Waals surface area contributed by atoms with Gasteiger partial charge in [0.25, 0.3) is 0 Å². The summed E-state index contributed by atoms with van der Waals surface area (Å²) in [7, 11) is 0. The van der Waals surface area contributed by atoms with Gasteiger partial charge in [0.1, 0.15) is 0 Å². The van der Waals surface area contributed by atoms with Gasteiger partial charge >= 0.3 is 22.4 Å². The van der Waals surface area contributed by atoms with Crippen LogP contribution in [0.3, 0.4) is 0 Å². The molecule has 5 heteroatoms. The van der Waals surface area contributed by atoms with Gasteiger partial charge in [0.15, 0.2) is 0 Å². The molecule has 1 atom stereocenters. The van der Waals surface area contributed by atoms with Crippen LogP contribution in [-0.4, -0.2) is 24.8 Å². The molecule has 0 fully saturated rings. The van der Waals surface area contributed by atoms with E-state index >= 15 is 0 Å². The molecule has 0 saturated carbocycles. The molecular formula is C7H13AuN2O2. The molecule has 0 heterocycles. The quantitative estimate of drug-likeness (QED) is 0.509. The van der Waals surface area contributed by atoms with Crippen molar-refractivity contribution in [2.45, 2.75) is 25.8 Å². The van der Waals surface area contributed by atoms with E-state index in [0.29, 0.717) is 19.4 Å². The van der Waals surface area contributed by atoms with Crippen molar-refractivity contribution in [3.8, 4) is 0 Å². The van der Waals surface area contributed by atoms with Crippen molar-refractivity contribution in [3.05, 3.63) is 0 Å². The van der Waals surface area contributed by atoms with E-state index in [9.17, 15) is 9.59 Å². The Kier molecular flexibility index (Phi) is 10.7. The zero-order chi connectivity index (χ0) is 8.69. The first-order chi connectivity index (χ1) is 5.20. The van der Waals surface area contributed by atoms with Crippen LogP contribution in [0.15, 0.2) is 0 Å². The Balaban J connectivity index is 0. The van der Waals surface area contributed by atoms with Crippen LogP contribution in [0.25, 0.3) is 0 Å². The monoisotopic (exact) mass is 354 g/mol. The summed E-state index contributed by atoms with van der Waals surface area (Å²) in [6.07, 6.45) is 2.28. The Morgan fingerprint density at radius 2 is 2.25 bits per heavy atom. The van der Waals surface area contributed by atoms with Gasteiger partial charge in [-0.15, -0.1) is 0 Å². The van der Waals surface area contributed by atoms with E-state index in [-0.39, 0.29) is 28.3 Å². The van der Waals surface area contributed by atoms with Crippen LogP contribution in [0, 0.1) is 0 Å². The molecule has 0 unspecified atom stereocenters. The van der Waals surface area contributed by atoms with Crippen molar-refractivity contribution in [1.82, 2.24) is 5.32 Å². The predicted octanol–water partition coefficient (Wildman–Crippen LogP) is -0.663. The zero-order valence-corrected chi connectivity index (χ0v) is 9.06. The third-order valence-electron chi connectivity index (χ3n) is 1.21. The fraction of sp³-hybridized carbons (Fsp3) is 0.714. The molecule has 0 radical (unpaired) electrons. The first-order valence-electron chi connectivity index (χ1n) is 3.60. The Bertz CT molecular complexity index is 141. The third-order valence-corrected chi connectivity index (χ3v) is 1.21. The van der Waals surface area contributed by atoms with E-state index in [1.165, 1.54) is 0 Å². The summed E-state index contributed by atoms with van der Waals surface area (Å²) in [5.74, 6) is -0.0711. The van der Waals surface area contributed by atoms with Crippen LogP contribution in [0.5, 0.6) is 0 Å². The van der Waals surface area contributed by atoms with Crippen LogP contribution < -0.4 is 11.1 Å². The first kappa shape index (κ1) is 14.4. The average molecular weight is 354 g/mol. The van der Waals surface area contributed by atoms with Gasteiger partial charge in [-0.3, -0.25) is 4.79 Å². The van der Waals surface area contributed by atoms with Crippen molar-refractivity contribution in [2.24, 2.45) is 5.73 Å². The molecule has 74 valence electrons. The number of hydrogen-bond donors (Lipinski definition) is 2. The van der Waals surface area contributed by atoms with E-state index in [1.54, 1.807) is 6.29 Å². The number of nitrogens with two attached hydrogens (primary N) is 1. The SMILES string of the molecule is CCNC(=O)CC[C@H](N)[C-]=O.[Au+]. The number of hydrogen-bond acceptors (Lipinski definition) is 3. The van der Waals surface area contributed by atoms with Gasteiger partial charge in [-0.05, 0) is 6.92 Å². The number of amides is 1. The van der Waals surface area contributed by atoms with Crippen molar-refractivity contribution in [3.63, 3.8) is 0 Å². The summed E-state index contributed by atoms with van der Waals surface area (Å²) in [6, 6.07) is -0.627. The molecule has 0 spiro atoms. The van der Waals surface area contributed by atoms with E-state index in [2.05, 4.69) is 5.32 Å². The standard InChI is InChI=1S/C7H13N2O2.Au/c1-2-9-7(11)4-3-6(8)5-10;/h6H,2-4,8H2,1H3,(H,9,11);/q-1;+1/t6-;/m0./s1. The maximum absolute atomic E-state index is 10.8. The van der Waals surface area contributed by atoms with Crippen molar-refractivity contribution in [1.29, 1.82) is 0 Å². The Morgan fingerprint density at radius 3 is 2.67 bits per heavy atom. The molecule has 0 aliphatic carbocycles. The van der Waals surface area contributed by atoms with Crippen LogP contribution in [0.1, 0.15) is 19.8 Å². The second-order valence-corrected chi connectivity index (χ2v) is 2.22. The fourth-order valence-electron chi connectivity index (χ4n) is 0.631. The number of nitrogens with one attached hydrogen (secondary N) is 1. The maximum atomic E-state index is 10.8. The summed E-state index contributed by atoms with van der Waals surface area (Å²) in [6.45, 7) is 2.45. The van der Waals surface area contributed by atoms with Gasteiger partial charge in [0.2, 0.25) is 5.91 Å². The summed E-state index contributed by atoms with van der Waals surface area (Å²) in [5, 5.41) is 2.60. The molecule has 0 aliphatic rings. The molecule has 1 amide bonds. The third kappa shape index (κ3) is 7.94. The smallest absolute Gasteiger partial charge is 0.540 e. The molecule has 0 aromatic rings. The molecule has 0 bridgehead atoms. The van der Waals surface area contributed by atoms with Crippen LogP contribution >= 0.6 is 0 Å². The zero-order valence-electron chi connectivity index (χ0n) is 6.89. The summed E-state index contributed by atoms with van der Waals surface area (Å²) in [5.41, 5.74) is 5.21. The Labute approximate surface area is 87.8 Å². The van der Waals surface area contributed by atoms with Gasteiger partial charge in [0.05, 0.1) is 0 Å². The number of carbonyl (C=O) groups excluding carboxylic acids is 2. The van der Waals surface area contributed by atoms with Crippen LogP contribution in [0.2, 0.25) is 0 Å². The molecule has 12 heavy (non-hydrogen) atoms. The molecule has 0 aromatic heterocycles. The van der Waals surface area contributed by atoms with Gasteiger partial charge in [-0.25, -0.2) is 6.29 Å². The van der Waals surface area contributed by atoms with E-state index in [0.717, 1.165) is 0 Å². The van der Waals surface area contributed by atoms with Gasteiger partial charge in [0, 0.05) is 13.0 Å². The second-order valence-electron chi connectivity index (χ2n) is 2.22. The van der Waals surface area contributed by atoms with E-state index < -0.39 is 6.04 Å². The molecule has 0 rings (SSSR count). The fourth-order valence-corrected chi connectivity index (χ4v) is 0.631. The van der Waals surface area contributed by atoms with Crippen molar-refractivity contribution >= 4 is 12.2 Å². The molecule has 4 nitrogen and oxygen atoms in total. The molecule has 3 N–H and O–H groups in total. The van der Waals surface area contributed by atoms with Crippen molar-refractivity contribution < 1.29 is 32.0 Å². The largest absolute Gasteiger partial charge is 1.00 e. The van der Waals surface area contributed by atoms with Crippen LogP contribution in [-0.2, 0) is 32.0 Å². The summed E-state index contributed by atoms with van der Waals surface area (Å²) in [4.78, 5) is 20.7. The Morgan fingerprint density at radius 1 is 1.67 bits per heavy atom. The van der Waals surface area contributed by atoms with E-state index in [4.69, 9.17) is 5.73 Å². The second kappa shape index (κ2) is 8.93. The summed E-state index contributed by atoms with van der Waals surface area (Å²) >= 11 is 0. The average Bonchev–Trinajstić information content (AvgIpc) is 2.01. The first-order valence-corrected chi connectivity index (χ1v) is 3.60. The topological polar surface area (TPSA) is 72.2 Å². The minimum Gasteiger partial charge on any atom is -0.540 e. The van der Waals surface area contributed by atoms with Gasteiger partial charge in [-0.1, -0.05) is 12.5 Å². The van der Waals surface area contributed by atoms with Gasteiger partial charge in [-0.2, -0.15) is 0 Å². The predicted molar refractivity (Wildman–Crippen MR) is 41.6 cm³/mol. The number of carbonyl (C=O) groups is 1. The molecule has 0 saturated heterocycles. The maximum Gasteiger partial charge on any atom is 1.00 e. The summed E-state index contributed by atoms with van der Waals surface area (Å²) < 4.78 is 0. The van der Waals surface area contributed by atoms with Crippen molar-refractivity contribution in [2.75, 3.05) is 6.54 Å².